The molecule has 1 fully saturated rings. The maximum absolute atomic E-state index is 13.2. The van der Waals surface area contributed by atoms with E-state index in [1.807, 2.05) is 0 Å². The number of hydrogen-bond acceptors (Lipinski definition) is 3. The Hall–Kier alpha value is -1.49. The predicted octanol–water partition coefficient (Wildman–Crippen LogP) is 2.75. The molecule has 17 heavy (non-hydrogen) atoms. The van der Waals surface area contributed by atoms with Crippen LogP contribution in [0, 0.1) is 15.9 Å². The Kier molecular flexibility index (Phi) is 3.38. The van der Waals surface area contributed by atoms with Crippen molar-refractivity contribution >= 4 is 5.69 Å². The van der Waals surface area contributed by atoms with Crippen LogP contribution in [0.2, 0.25) is 0 Å². The molecule has 1 N–H and O–H groups in total. The van der Waals surface area contributed by atoms with Crippen LogP contribution in [0.1, 0.15) is 37.2 Å². The zero-order valence-electron chi connectivity index (χ0n) is 9.30. The number of halogens is 1. The van der Waals surface area contributed by atoms with E-state index in [0.717, 1.165) is 6.07 Å². The summed E-state index contributed by atoms with van der Waals surface area (Å²) in [6, 6.07) is 3.58. The van der Waals surface area contributed by atoms with E-state index < -0.39 is 10.7 Å². The molecule has 1 aliphatic rings. The van der Waals surface area contributed by atoms with Gasteiger partial charge in [0.25, 0.3) is 5.69 Å². The van der Waals surface area contributed by atoms with Gasteiger partial charge in [-0.25, -0.2) is 4.39 Å². The third-order valence-electron chi connectivity index (χ3n) is 3.32. The molecule has 0 radical (unpaired) electrons. The van der Waals surface area contributed by atoms with E-state index in [1.54, 1.807) is 0 Å². The molecule has 92 valence electrons. The number of benzene rings is 1. The fourth-order valence-corrected chi connectivity index (χ4v) is 2.41. The Morgan fingerprint density at radius 2 is 1.94 bits per heavy atom. The number of nitro benzene ring substituents is 1. The van der Waals surface area contributed by atoms with E-state index in [0.29, 0.717) is 31.2 Å². The molecular weight excluding hydrogens is 225 g/mol. The van der Waals surface area contributed by atoms with E-state index in [9.17, 15) is 19.6 Å². The van der Waals surface area contributed by atoms with Gasteiger partial charge in [0, 0.05) is 11.6 Å². The molecule has 0 saturated heterocycles. The van der Waals surface area contributed by atoms with Gasteiger partial charge in [-0.3, -0.25) is 10.1 Å². The van der Waals surface area contributed by atoms with Gasteiger partial charge in [0.1, 0.15) is 5.82 Å². The molecule has 1 aliphatic carbocycles. The zero-order valence-corrected chi connectivity index (χ0v) is 9.30. The molecule has 0 aliphatic heterocycles. The van der Waals surface area contributed by atoms with Crippen LogP contribution < -0.4 is 0 Å². The van der Waals surface area contributed by atoms with Crippen LogP contribution in [-0.4, -0.2) is 16.1 Å². The van der Waals surface area contributed by atoms with Crippen molar-refractivity contribution in [1.82, 2.24) is 0 Å². The van der Waals surface area contributed by atoms with Crippen LogP contribution in [0.25, 0.3) is 0 Å². The summed E-state index contributed by atoms with van der Waals surface area (Å²) in [5, 5.41) is 20.3. The van der Waals surface area contributed by atoms with Gasteiger partial charge >= 0.3 is 0 Å². The van der Waals surface area contributed by atoms with Crippen LogP contribution >= 0.6 is 0 Å². The standard InChI is InChI=1S/C12H14FNO3/c13-9-3-6-12(14(16)17)11(7-9)8-1-4-10(15)5-2-8/h3,6-8,10,15H,1-2,4-5H2. The number of nitro groups is 1. The molecule has 0 amide bonds. The van der Waals surface area contributed by atoms with E-state index in [4.69, 9.17) is 0 Å². The lowest BCUT2D eigenvalue weighted by Gasteiger charge is -2.25. The molecule has 4 nitrogen and oxygen atoms in total. The minimum atomic E-state index is -0.472. The summed E-state index contributed by atoms with van der Waals surface area (Å²) in [6.07, 6.45) is 2.27. The molecule has 0 bridgehead atoms. The third-order valence-corrected chi connectivity index (χ3v) is 3.32. The van der Waals surface area contributed by atoms with Crippen molar-refractivity contribution in [2.75, 3.05) is 0 Å². The smallest absolute Gasteiger partial charge is 0.273 e. The lowest BCUT2D eigenvalue weighted by Crippen LogP contribution is -2.17. The molecule has 0 unspecified atom stereocenters. The van der Waals surface area contributed by atoms with E-state index in [-0.39, 0.29) is 17.7 Å². The zero-order chi connectivity index (χ0) is 12.4. The van der Waals surface area contributed by atoms with Crippen molar-refractivity contribution in [2.45, 2.75) is 37.7 Å². The summed E-state index contributed by atoms with van der Waals surface area (Å²) in [5.74, 6) is -0.466. The first kappa shape index (κ1) is 12.0. The van der Waals surface area contributed by atoms with Gasteiger partial charge in [-0.1, -0.05) is 0 Å². The van der Waals surface area contributed by atoms with Gasteiger partial charge in [-0.05, 0) is 43.7 Å². The minimum absolute atomic E-state index is 0.0190. The molecule has 0 atom stereocenters. The summed E-state index contributed by atoms with van der Waals surface area (Å²) in [6.45, 7) is 0. The molecule has 5 heteroatoms. The highest BCUT2D eigenvalue weighted by atomic mass is 19.1. The second kappa shape index (κ2) is 4.79. The fourth-order valence-electron chi connectivity index (χ4n) is 2.41. The Bertz CT molecular complexity index is 428. The summed E-state index contributed by atoms with van der Waals surface area (Å²) < 4.78 is 13.2. The Morgan fingerprint density at radius 1 is 1.29 bits per heavy atom. The first-order valence-electron chi connectivity index (χ1n) is 5.70. The maximum atomic E-state index is 13.2. The van der Waals surface area contributed by atoms with Crippen LogP contribution in [0.5, 0.6) is 0 Å². The number of hydrogen-bond donors (Lipinski definition) is 1. The Morgan fingerprint density at radius 3 is 2.53 bits per heavy atom. The SMILES string of the molecule is O=[N+]([O-])c1ccc(F)cc1C1CCC(O)CC1. The van der Waals surface area contributed by atoms with Crippen LogP contribution in [0.15, 0.2) is 18.2 Å². The van der Waals surface area contributed by atoms with Crippen molar-refractivity contribution in [1.29, 1.82) is 0 Å². The first-order chi connectivity index (χ1) is 8.08. The number of aliphatic hydroxyl groups is 1. The van der Waals surface area contributed by atoms with Gasteiger partial charge in [-0.15, -0.1) is 0 Å². The van der Waals surface area contributed by atoms with Gasteiger partial charge in [0.2, 0.25) is 0 Å². The van der Waals surface area contributed by atoms with Gasteiger partial charge < -0.3 is 5.11 Å². The molecular formula is C12H14FNO3. The first-order valence-corrected chi connectivity index (χ1v) is 5.70. The second-order valence-corrected chi connectivity index (χ2v) is 4.47. The van der Waals surface area contributed by atoms with Crippen molar-refractivity contribution in [3.63, 3.8) is 0 Å². The third kappa shape index (κ3) is 2.61. The number of aliphatic hydroxyl groups excluding tert-OH is 1. The van der Waals surface area contributed by atoms with E-state index in [2.05, 4.69) is 0 Å². The van der Waals surface area contributed by atoms with Gasteiger partial charge in [0.05, 0.1) is 11.0 Å². The summed E-state index contributed by atoms with van der Waals surface area (Å²) in [5.41, 5.74) is 0.440. The van der Waals surface area contributed by atoms with Crippen LogP contribution in [0.4, 0.5) is 10.1 Å². The highest BCUT2D eigenvalue weighted by Crippen LogP contribution is 2.37. The summed E-state index contributed by atoms with van der Waals surface area (Å²) in [4.78, 5) is 10.4. The van der Waals surface area contributed by atoms with Gasteiger partial charge in [0.15, 0.2) is 0 Å². The van der Waals surface area contributed by atoms with E-state index in [1.165, 1.54) is 12.1 Å². The average molecular weight is 239 g/mol. The monoisotopic (exact) mass is 239 g/mol. The number of rotatable bonds is 2. The minimum Gasteiger partial charge on any atom is -0.393 e. The van der Waals surface area contributed by atoms with Crippen molar-refractivity contribution in [3.05, 3.63) is 39.7 Å². The van der Waals surface area contributed by atoms with E-state index >= 15 is 0 Å². The molecule has 2 rings (SSSR count). The van der Waals surface area contributed by atoms with Crippen LogP contribution in [-0.2, 0) is 0 Å². The van der Waals surface area contributed by atoms with Crippen molar-refractivity contribution in [2.24, 2.45) is 0 Å². The lowest BCUT2D eigenvalue weighted by atomic mass is 9.82. The molecule has 1 aromatic carbocycles. The quantitative estimate of drug-likeness (QED) is 0.637. The second-order valence-electron chi connectivity index (χ2n) is 4.47. The largest absolute Gasteiger partial charge is 0.393 e. The molecule has 1 saturated carbocycles. The van der Waals surface area contributed by atoms with Crippen molar-refractivity contribution in [3.8, 4) is 0 Å². The average Bonchev–Trinajstić information content (AvgIpc) is 2.29. The highest BCUT2D eigenvalue weighted by Gasteiger charge is 2.27. The lowest BCUT2D eigenvalue weighted by molar-refractivity contribution is -0.385. The summed E-state index contributed by atoms with van der Waals surface area (Å²) >= 11 is 0. The van der Waals surface area contributed by atoms with Crippen LogP contribution in [0.3, 0.4) is 0 Å². The molecule has 0 aromatic heterocycles. The topological polar surface area (TPSA) is 63.4 Å². The predicted molar refractivity (Wildman–Crippen MR) is 60.3 cm³/mol. The maximum Gasteiger partial charge on any atom is 0.273 e. The Labute approximate surface area is 98.2 Å². The fraction of sp³-hybridized carbons (Fsp3) is 0.500. The summed E-state index contributed by atoms with van der Waals surface area (Å²) in [7, 11) is 0. The van der Waals surface area contributed by atoms with Gasteiger partial charge in [-0.2, -0.15) is 0 Å². The number of nitrogens with zero attached hydrogens (tertiary/aromatic N) is 1. The molecule has 0 spiro atoms. The Balaban J connectivity index is 2.30. The van der Waals surface area contributed by atoms with Crippen molar-refractivity contribution < 1.29 is 14.4 Å². The normalized spacial score (nSPS) is 24.6. The molecule has 0 heterocycles. The highest BCUT2D eigenvalue weighted by molar-refractivity contribution is 5.43. The molecule has 1 aromatic rings.